The van der Waals surface area contributed by atoms with Crippen molar-refractivity contribution in [2.45, 2.75) is 71.9 Å². The maximum Gasteiger partial charge on any atom is 0.226 e. The molecule has 0 bridgehead atoms. The number of aryl methyl sites for hydroxylation is 2. The average Bonchev–Trinajstić information content (AvgIpc) is 3.10. The van der Waals surface area contributed by atoms with Crippen LogP contribution < -0.4 is 5.32 Å². The molecule has 2 aromatic rings. The summed E-state index contributed by atoms with van der Waals surface area (Å²) in [6, 6.07) is 8.60. The van der Waals surface area contributed by atoms with Gasteiger partial charge >= 0.3 is 0 Å². The molecule has 0 spiro atoms. The molecule has 2 fully saturated rings. The van der Waals surface area contributed by atoms with E-state index >= 15 is 0 Å². The quantitative estimate of drug-likeness (QED) is 0.766. The Kier molecular flexibility index (Phi) is 6.57. The number of nitrogens with zero attached hydrogens (tertiary/aromatic N) is 2. The van der Waals surface area contributed by atoms with Gasteiger partial charge in [0.15, 0.2) is 0 Å². The second-order valence-corrected chi connectivity index (χ2v) is 9.34. The number of rotatable bonds is 5. The van der Waals surface area contributed by atoms with Gasteiger partial charge in [-0.3, -0.25) is 9.69 Å². The van der Waals surface area contributed by atoms with E-state index < -0.39 is 0 Å². The Hall–Kier alpha value is -2.14. The molecule has 30 heavy (non-hydrogen) atoms. The zero-order chi connectivity index (χ0) is 21.1. The number of hydrogen-bond acceptors (Lipinski definition) is 4. The number of carbonyl (C=O) groups excluding carboxylic acids is 1. The van der Waals surface area contributed by atoms with Gasteiger partial charge in [0, 0.05) is 24.7 Å². The summed E-state index contributed by atoms with van der Waals surface area (Å²) in [5.41, 5.74) is 3.19. The van der Waals surface area contributed by atoms with Crippen LogP contribution in [0.1, 0.15) is 62.5 Å². The number of aromatic nitrogens is 1. The van der Waals surface area contributed by atoms with Crippen LogP contribution in [0.4, 0.5) is 0 Å². The maximum atomic E-state index is 12.9. The molecular weight excluding hydrogens is 374 g/mol. The smallest absolute Gasteiger partial charge is 0.226 e. The maximum absolute atomic E-state index is 12.9. The van der Waals surface area contributed by atoms with Gasteiger partial charge in [-0.25, -0.2) is 4.98 Å². The summed E-state index contributed by atoms with van der Waals surface area (Å²) in [7, 11) is 0. The molecule has 5 nitrogen and oxygen atoms in total. The van der Waals surface area contributed by atoms with Crippen molar-refractivity contribution >= 4 is 5.91 Å². The highest BCUT2D eigenvalue weighted by molar-refractivity contribution is 5.79. The molecule has 162 valence electrons. The Morgan fingerprint density at radius 2 is 2.03 bits per heavy atom. The first-order chi connectivity index (χ1) is 14.5. The molecule has 2 aliphatic rings. The van der Waals surface area contributed by atoms with E-state index in [-0.39, 0.29) is 11.8 Å². The number of amides is 1. The first-order valence-corrected chi connectivity index (χ1v) is 11.6. The van der Waals surface area contributed by atoms with E-state index in [0.29, 0.717) is 17.9 Å². The van der Waals surface area contributed by atoms with Crippen molar-refractivity contribution in [3.8, 4) is 11.5 Å². The van der Waals surface area contributed by atoms with Crippen molar-refractivity contribution in [2.75, 3.05) is 13.1 Å². The molecule has 4 rings (SSSR count). The predicted octanol–water partition coefficient (Wildman–Crippen LogP) is 4.87. The van der Waals surface area contributed by atoms with Crippen LogP contribution in [-0.4, -0.2) is 34.9 Å². The van der Waals surface area contributed by atoms with E-state index in [1.807, 2.05) is 19.1 Å². The van der Waals surface area contributed by atoms with E-state index in [9.17, 15) is 4.79 Å². The molecule has 1 aromatic heterocycles. The van der Waals surface area contributed by atoms with Gasteiger partial charge in [0.1, 0.15) is 5.76 Å². The third kappa shape index (κ3) is 4.94. The van der Waals surface area contributed by atoms with E-state index in [4.69, 9.17) is 9.40 Å². The van der Waals surface area contributed by atoms with Crippen LogP contribution in [0.2, 0.25) is 0 Å². The van der Waals surface area contributed by atoms with Crippen molar-refractivity contribution in [3.05, 3.63) is 41.3 Å². The van der Waals surface area contributed by atoms with Gasteiger partial charge in [-0.2, -0.15) is 0 Å². The molecule has 1 saturated carbocycles. The minimum absolute atomic E-state index is 0.0799. The van der Waals surface area contributed by atoms with Gasteiger partial charge in [-0.1, -0.05) is 37.5 Å². The first kappa shape index (κ1) is 21.1. The van der Waals surface area contributed by atoms with Crippen molar-refractivity contribution < 1.29 is 9.21 Å². The molecule has 2 heterocycles. The summed E-state index contributed by atoms with van der Waals surface area (Å²) in [6.45, 7) is 8.89. The third-order valence-electron chi connectivity index (χ3n) is 6.85. The van der Waals surface area contributed by atoms with Crippen molar-refractivity contribution in [1.29, 1.82) is 0 Å². The van der Waals surface area contributed by atoms with Crippen molar-refractivity contribution in [1.82, 2.24) is 15.2 Å². The normalized spacial score (nSPS) is 25.2. The summed E-state index contributed by atoms with van der Waals surface area (Å²) < 4.78 is 5.97. The van der Waals surface area contributed by atoms with Crippen LogP contribution in [0.15, 0.2) is 28.7 Å². The lowest BCUT2D eigenvalue weighted by Gasteiger charge is -2.34. The Morgan fingerprint density at radius 3 is 2.83 bits per heavy atom. The summed E-state index contributed by atoms with van der Waals surface area (Å²) in [5, 5.41) is 3.37. The number of hydrogen-bond donors (Lipinski definition) is 1. The first-order valence-electron chi connectivity index (χ1n) is 11.6. The Labute approximate surface area is 180 Å². The lowest BCUT2D eigenvalue weighted by molar-refractivity contribution is -0.128. The molecule has 1 aliphatic carbocycles. The number of likely N-dealkylation sites (tertiary alicyclic amines) is 1. The van der Waals surface area contributed by atoms with E-state index in [1.54, 1.807) is 0 Å². The number of carbonyl (C=O) groups is 1. The fourth-order valence-corrected chi connectivity index (χ4v) is 4.93. The van der Waals surface area contributed by atoms with Crippen LogP contribution in [0, 0.1) is 25.7 Å². The second-order valence-electron chi connectivity index (χ2n) is 9.34. The highest BCUT2D eigenvalue weighted by Crippen LogP contribution is 2.27. The summed E-state index contributed by atoms with van der Waals surface area (Å²) in [6.07, 6.45) is 6.93. The van der Waals surface area contributed by atoms with Gasteiger partial charge in [0.2, 0.25) is 11.8 Å². The molecule has 1 amide bonds. The molecular formula is C25H35N3O2. The van der Waals surface area contributed by atoms with E-state index in [1.165, 1.54) is 24.8 Å². The van der Waals surface area contributed by atoms with Gasteiger partial charge in [0.25, 0.3) is 0 Å². The van der Waals surface area contributed by atoms with Gasteiger partial charge in [0.05, 0.1) is 11.6 Å². The van der Waals surface area contributed by atoms with Crippen molar-refractivity contribution in [2.24, 2.45) is 11.8 Å². The Bertz CT molecular complexity index is 875. The molecule has 0 radical (unpaired) electrons. The largest absolute Gasteiger partial charge is 0.441 e. The predicted molar refractivity (Wildman–Crippen MR) is 119 cm³/mol. The van der Waals surface area contributed by atoms with Gasteiger partial charge in [-0.15, -0.1) is 0 Å². The molecule has 3 unspecified atom stereocenters. The molecule has 1 saturated heterocycles. The lowest BCUT2D eigenvalue weighted by Crippen LogP contribution is -2.48. The molecule has 1 N–H and O–H groups in total. The highest BCUT2D eigenvalue weighted by Gasteiger charge is 2.30. The van der Waals surface area contributed by atoms with E-state index in [0.717, 1.165) is 55.9 Å². The van der Waals surface area contributed by atoms with Crippen molar-refractivity contribution in [3.63, 3.8) is 0 Å². The average molecular weight is 410 g/mol. The zero-order valence-electron chi connectivity index (χ0n) is 18.6. The Morgan fingerprint density at radius 1 is 1.20 bits per heavy atom. The SMILES string of the molecule is Cc1cccc(-c2nc(CN3CCCC(C(=O)NC4CCCCC4C)C3)c(C)o2)c1. The molecule has 1 aliphatic heterocycles. The van der Waals surface area contributed by atoms with Crippen LogP contribution in [0.5, 0.6) is 0 Å². The molecule has 1 aromatic carbocycles. The summed E-state index contributed by atoms with van der Waals surface area (Å²) in [4.78, 5) is 20.1. The van der Waals surface area contributed by atoms with Crippen LogP contribution >= 0.6 is 0 Å². The topological polar surface area (TPSA) is 58.4 Å². The van der Waals surface area contributed by atoms with Gasteiger partial charge < -0.3 is 9.73 Å². The zero-order valence-corrected chi connectivity index (χ0v) is 18.6. The van der Waals surface area contributed by atoms with Crippen LogP contribution in [0.25, 0.3) is 11.5 Å². The minimum Gasteiger partial charge on any atom is -0.441 e. The minimum atomic E-state index is 0.0799. The lowest BCUT2D eigenvalue weighted by atomic mass is 9.85. The number of benzene rings is 1. The molecule has 3 atom stereocenters. The fraction of sp³-hybridized carbons (Fsp3) is 0.600. The molecule has 5 heteroatoms. The number of piperidine rings is 1. The van der Waals surface area contributed by atoms with Crippen LogP contribution in [-0.2, 0) is 11.3 Å². The Balaban J connectivity index is 1.37. The second kappa shape index (κ2) is 9.34. The van der Waals surface area contributed by atoms with Gasteiger partial charge in [-0.05, 0) is 64.1 Å². The number of nitrogens with one attached hydrogen (secondary N) is 1. The fourth-order valence-electron chi connectivity index (χ4n) is 4.93. The number of oxazole rings is 1. The summed E-state index contributed by atoms with van der Waals surface area (Å²) >= 11 is 0. The third-order valence-corrected chi connectivity index (χ3v) is 6.85. The van der Waals surface area contributed by atoms with Crippen LogP contribution in [0.3, 0.4) is 0 Å². The van der Waals surface area contributed by atoms with E-state index in [2.05, 4.69) is 36.2 Å². The summed E-state index contributed by atoms with van der Waals surface area (Å²) in [5.74, 6) is 2.48. The monoisotopic (exact) mass is 409 g/mol. The standard InChI is InChI=1S/C25H35N3O2/c1-17-8-6-10-20(14-17)25-27-23(19(3)30-25)16-28-13-7-11-21(15-28)24(29)26-22-12-5-4-9-18(22)2/h6,8,10,14,18,21-22H,4-5,7,9,11-13,15-16H2,1-3H3,(H,26,29). The highest BCUT2D eigenvalue weighted by atomic mass is 16.4.